The molecule has 1 aliphatic rings. The predicted octanol–water partition coefficient (Wildman–Crippen LogP) is 2.56. The molecule has 1 aliphatic heterocycles. The van der Waals surface area contributed by atoms with E-state index in [1.54, 1.807) is 0 Å². The molecule has 102 valence electrons. The van der Waals surface area contributed by atoms with E-state index in [1.807, 2.05) is 37.3 Å². The minimum Gasteiger partial charge on any atom is -0.466 e. The molecule has 0 amide bonds. The van der Waals surface area contributed by atoms with Crippen LogP contribution in [0.3, 0.4) is 0 Å². The summed E-state index contributed by atoms with van der Waals surface area (Å²) in [6.07, 6.45) is 1.74. The molecule has 2 rings (SSSR count). The minimum atomic E-state index is -0.844. The van der Waals surface area contributed by atoms with E-state index in [0.717, 1.165) is 12.0 Å². The van der Waals surface area contributed by atoms with Crippen molar-refractivity contribution in [2.24, 2.45) is 0 Å². The number of carbonyl (C=O) groups excluding carboxylic acids is 2. The van der Waals surface area contributed by atoms with Gasteiger partial charge in [0.05, 0.1) is 13.0 Å². The second kappa shape index (κ2) is 5.87. The van der Waals surface area contributed by atoms with E-state index in [0.29, 0.717) is 19.4 Å². The number of hydrogen-bond acceptors (Lipinski definition) is 4. The zero-order chi connectivity index (χ0) is 13.7. The lowest BCUT2D eigenvalue weighted by atomic mass is 9.88. The maximum absolute atomic E-state index is 11.8. The van der Waals surface area contributed by atoms with Crippen LogP contribution < -0.4 is 0 Å². The van der Waals surface area contributed by atoms with Gasteiger partial charge < -0.3 is 9.47 Å². The van der Waals surface area contributed by atoms with Crippen molar-refractivity contribution in [1.82, 2.24) is 0 Å². The molecule has 1 aromatic carbocycles. The van der Waals surface area contributed by atoms with E-state index in [-0.39, 0.29) is 18.4 Å². The van der Waals surface area contributed by atoms with E-state index in [4.69, 9.17) is 9.47 Å². The maximum atomic E-state index is 11.8. The molecule has 1 aromatic rings. The summed E-state index contributed by atoms with van der Waals surface area (Å²) >= 11 is 0. The van der Waals surface area contributed by atoms with E-state index in [2.05, 4.69) is 0 Å². The summed E-state index contributed by atoms with van der Waals surface area (Å²) in [4.78, 5) is 23.3. The van der Waals surface area contributed by atoms with Crippen LogP contribution in [-0.4, -0.2) is 18.5 Å². The van der Waals surface area contributed by atoms with Gasteiger partial charge in [0.2, 0.25) is 0 Å². The van der Waals surface area contributed by atoms with E-state index in [1.165, 1.54) is 0 Å². The molecule has 19 heavy (non-hydrogen) atoms. The average molecular weight is 262 g/mol. The topological polar surface area (TPSA) is 52.6 Å². The van der Waals surface area contributed by atoms with Gasteiger partial charge in [0.25, 0.3) is 0 Å². The average Bonchev–Trinajstić information content (AvgIpc) is 2.80. The molecule has 1 unspecified atom stereocenters. The third-order valence-electron chi connectivity index (χ3n) is 3.24. The van der Waals surface area contributed by atoms with Crippen molar-refractivity contribution in [3.8, 4) is 0 Å². The zero-order valence-corrected chi connectivity index (χ0v) is 11.1. The van der Waals surface area contributed by atoms with Gasteiger partial charge in [-0.15, -0.1) is 0 Å². The molecule has 4 heteroatoms. The third-order valence-corrected chi connectivity index (χ3v) is 3.24. The molecule has 4 nitrogen and oxygen atoms in total. The van der Waals surface area contributed by atoms with E-state index < -0.39 is 5.60 Å². The first kappa shape index (κ1) is 13.6. The summed E-state index contributed by atoms with van der Waals surface area (Å²) in [6, 6.07) is 9.40. The Morgan fingerprint density at radius 2 is 2.11 bits per heavy atom. The van der Waals surface area contributed by atoms with Crippen LogP contribution in [0, 0.1) is 0 Å². The molecule has 1 atom stereocenters. The van der Waals surface area contributed by atoms with Crippen LogP contribution in [0.2, 0.25) is 0 Å². The molecule has 0 N–H and O–H groups in total. The number of hydrogen-bond donors (Lipinski definition) is 0. The van der Waals surface area contributed by atoms with Gasteiger partial charge in [-0.1, -0.05) is 37.3 Å². The lowest BCUT2D eigenvalue weighted by Crippen LogP contribution is -2.30. The number of ether oxygens (including phenoxy) is 2. The fraction of sp³-hybridized carbons (Fsp3) is 0.467. The van der Waals surface area contributed by atoms with Crippen molar-refractivity contribution < 1.29 is 19.1 Å². The quantitative estimate of drug-likeness (QED) is 0.765. The second-order valence-corrected chi connectivity index (χ2v) is 4.73. The molecule has 0 aromatic heterocycles. The molecular weight excluding hydrogens is 244 g/mol. The fourth-order valence-electron chi connectivity index (χ4n) is 2.30. The molecule has 0 aliphatic carbocycles. The Morgan fingerprint density at radius 1 is 1.37 bits per heavy atom. The third kappa shape index (κ3) is 3.13. The van der Waals surface area contributed by atoms with Crippen LogP contribution >= 0.6 is 0 Å². The molecule has 0 bridgehead atoms. The van der Waals surface area contributed by atoms with Crippen molar-refractivity contribution in [3.63, 3.8) is 0 Å². The highest BCUT2D eigenvalue weighted by molar-refractivity contribution is 5.76. The largest absolute Gasteiger partial charge is 0.466 e. The summed E-state index contributed by atoms with van der Waals surface area (Å²) in [7, 11) is 0. The van der Waals surface area contributed by atoms with Gasteiger partial charge in [0.1, 0.15) is 5.60 Å². The van der Waals surface area contributed by atoms with Crippen LogP contribution in [-0.2, 0) is 24.7 Å². The monoisotopic (exact) mass is 262 g/mol. The summed E-state index contributed by atoms with van der Waals surface area (Å²) in [5, 5.41) is 0. The first-order valence-electron chi connectivity index (χ1n) is 6.59. The Kier molecular flexibility index (Phi) is 4.20. The Labute approximate surface area is 112 Å². The molecule has 0 spiro atoms. The maximum Gasteiger partial charge on any atom is 0.310 e. The van der Waals surface area contributed by atoms with Gasteiger partial charge in [-0.05, 0) is 12.0 Å². The van der Waals surface area contributed by atoms with Crippen LogP contribution in [0.25, 0.3) is 0 Å². The van der Waals surface area contributed by atoms with Crippen molar-refractivity contribution in [3.05, 3.63) is 35.9 Å². The Morgan fingerprint density at radius 3 is 2.68 bits per heavy atom. The fourth-order valence-corrected chi connectivity index (χ4v) is 2.30. The molecule has 1 heterocycles. The number of benzene rings is 1. The first-order valence-corrected chi connectivity index (χ1v) is 6.59. The van der Waals surface area contributed by atoms with Gasteiger partial charge in [-0.2, -0.15) is 0 Å². The Hall–Kier alpha value is -1.84. The van der Waals surface area contributed by atoms with Crippen molar-refractivity contribution >= 4 is 11.9 Å². The van der Waals surface area contributed by atoms with Crippen molar-refractivity contribution in [2.45, 2.75) is 38.2 Å². The number of cyclic esters (lactones) is 1. The standard InChI is InChI=1S/C15H18O4/c1-2-10-18-14(17)11-15(9-8-13(16)19-15)12-6-4-3-5-7-12/h3-7H,2,8-11H2,1H3. The van der Waals surface area contributed by atoms with Crippen LogP contribution in [0.4, 0.5) is 0 Å². The molecule has 1 fully saturated rings. The summed E-state index contributed by atoms with van der Waals surface area (Å²) in [5.74, 6) is -0.576. The molecular formula is C15H18O4. The molecule has 0 saturated carbocycles. The van der Waals surface area contributed by atoms with Gasteiger partial charge in [0, 0.05) is 12.8 Å². The zero-order valence-electron chi connectivity index (χ0n) is 11.1. The highest BCUT2D eigenvalue weighted by atomic mass is 16.6. The normalized spacial score (nSPS) is 22.1. The highest BCUT2D eigenvalue weighted by Crippen LogP contribution is 2.40. The second-order valence-electron chi connectivity index (χ2n) is 4.73. The van der Waals surface area contributed by atoms with E-state index in [9.17, 15) is 9.59 Å². The summed E-state index contributed by atoms with van der Waals surface area (Å²) in [6.45, 7) is 2.34. The SMILES string of the molecule is CCCOC(=O)CC1(c2ccccc2)CCC(=O)O1. The lowest BCUT2D eigenvalue weighted by molar-refractivity contribution is -0.158. The summed E-state index contributed by atoms with van der Waals surface area (Å²) in [5.41, 5.74) is 0.0118. The first-order chi connectivity index (χ1) is 9.16. The minimum absolute atomic E-state index is 0.0861. The van der Waals surface area contributed by atoms with Gasteiger partial charge in [-0.3, -0.25) is 9.59 Å². The van der Waals surface area contributed by atoms with Crippen molar-refractivity contribution in [2.75, 3.05) is 6.61 Å². The Bertz CT molecular complexity index is 454. The smallest absolute Gasteiger partial charge is 0.310 e. The van der Waals surface area contributed by atoms with Gasteiger partial charge in [0.15, 0.2) is 0 Å². The highest BCUT2D eigenvalue weighted by Gasteiger charge is 2.44. The predicted molar refractivity (Wildman–Crippen MR) is 69.3 cm³/mol. The van der Waals surface area contributed by atoms with Gasteiger partial charge >= 0.3 is 11.9 Å². The number of esters is 2. The lowest BCUT2D eigenvalue weighted by Gasteiger charge is -2.27. The number of carbonyl (C=O) groups is 2. The van der Waals surface area contributed by atoms with Crippen LogP contribution in [0.1, 0.15) is 38.2 Å². The van der Waals surface area contributed by atoms with Crippen molar-refractivity contribution in [1.29, 1.82) is 0 Å². The van der Waals surface area contributed by atoms with Crippen LogP contribution in [0.15, 0.2) is 30.3 Å². The van der Waals surface area contributed by atoms with Crippen LogP contribution in [0.5, 0.6) is 0 Å². The van der Waals surface area contributed by atoms with Gasteiger partial charge in [-0.25, -0.2) is 0 Å². The molecule has 0 radical (unpaired) electrons. The summed E-state index contributed by atoms with van der Waals surface area (Å²) < 4.78 is 10.6. The molecule has 1 saturated heterocycles. The Balaban J connectivity index is 2.17. The van der Waals surface area contributed by atoms with E-state index >= 15 is 0 Å². The number of rotatable bonds is 5.